The number of anilines is 2. The number of rotatable bonds is 8. The molecule has 3 aromatic rings. The van der Waals surface area contributed by atoms with Gasteiger partial charge in [0.25, 0.3) is 11.8 Å². The summed E-state index contributed by atoms with van der Waals surface area (Å²) >= 11 is 0. The molecule has 0 saturated heterocycles. The van der Waals surface area contributed by atoms with Crippen molar-refractivity contribution in [3.05, 3.63) is 83.4 Å². The Morgan fingerprint density at radius 2 is 1.56 bits per heavy atom. The van der Waals surface area contributed by atoms with Crippen LogP contribution >= 0.6 is 0 Å². The Kier molecular flexibility index (Phi) is 7.49. The number of amides is 2. The van der Waals surface area contributed by atoms with E-state index in [4.69, 9.17) is 9.47 Å². The number of para-hydroxylation sites is 1. The van der Waals surface area contributed by atoms with Gasteiger partial charge in [-0.1, -0.05) is 25.1 Å². The molecule has 32 heavy (non-hydrogen) atoms. The van der Waals surface area contributed by atoms with Crippen LogP contribution in [-0.4, -0.2) is 25.0 Å². The maximum absolute atomic E-state index is 12.7. The van der Waals surface area contributed by atoms with Crippen LogP contribution in [0, 0.1) is 6.92 Å². The van der Waals surface area contributed by atoms with Crippen LogP contribution in [0.1, 0.15) is 35.3 Å². The topological polar surface area (TPSA) is 76.7 Å². The predicted octanol–water partition coefficient (Wildman–Crippen LogP) is 5.22. The minimum atomic E-state index is -0.696. The van der Waals surface area contributed by atoms with Crippen molar-refractivity contribution in [3.63, 3.8) is 0 Å². The summed E-state index contributed by atoms with van der Waals surface area (Å²) < 4.78 is 10.9. The van der Waals surface area contributed by atoms with Gasteiger partial charge in [0.05, 0.1) is 7.11 Å². The van der Waals surface area contributed by atoms with E-state index in [1.807, 2.05) is 25.1 Å². The van der Waals surface area contributed by atoms with E-state index in [0.29, 0.717) is 17.0 Å². The van der Waals surface area contributed by atoms with Crippen molar-refractivity contribution in [2.75, 3.05) is 17.7 Å². The summed E-state index contributed by atoms with van der Waals surface area (Å²) in [6.07, 6.45) is 0.130. The summed E-state index contributed by atoms with van der Waals surface area (Å²) in [5, 5.41) is 5.81. The molecule has 0 heterocycles. The van der Waals surface area contributed by atoms with Crippen molar-refractivity contribution in [2.45, 2.75) is 33.3 Å². The minimum Gasteiger partial charge on any atom is -0.497 e. The number of nitrogens with one attached hydrogen (secondary N) is 2. The number of methoxy groups -OCH3 is 1. The number of hydrogen-bond donors (Lipinski definition) is 2. The highest BCUT2D eigenvalue weighted by Crippen LogP contribution is 2.22. The molecule has 3 rings (SSSR count). The molecule has 0 radical (unpaired) electrons. The molecule has 166 valence electrons. The summed E-state index contributed by atoms with van der Waals surface area (Å²) in [7, 11) is 1.59. The van der Waals surface area contributed by atoms with Crippen LogP contribution < -0.4 is 20.1 Å². The molecule has 0 saturated carbocycles. The van der Waals surface area contributed by atoms with Crippen LogP contribution in [0.15, 0.2) is 66.7 Å². The highest BCUT2D eigenvalue weighted by atomic mass is 16.5. The smallest absolute Gasteiger partial charge is 0.265 e. The van der Waals surface area contributed by atoms with Crippen molar-refractivity contribution in [1.29, 1.82) is 0 Å². The van der Waals surface area contributed by atoms with Crippen molar-refractivity contribution >= 4 is 23.2 Å². The fraction of sp³-hybridized carbons (Fsp3) is 0.231. The van der Waals surface area contributed by atoms with Crippen LogP contribution in [0.5, 0.6) is 11.5 Å². The Labute approximate surface area is 188 Å². The summed E-state index contributed by atoms with van der Waals surface area (Å²) in [5.74, 6) is 0.764. The molecule has 0 aliphatic carbocycles. The van der Waals surface area contributed by atoms with Crippen LogP contribution in [0.3, 0.4) is 0 Å². The Hall–Kier alpha value is -3.80. The van der Waals surface area contributed by atoms with Gasteiger partial charge < -0.3 is 20.1 Å². The highest BCUT2D eigenvalue weighted by molar-refractivity contribution is 6.04. The molecule has 2 N–H and O–H groups in total. The standard InChI is InChI=1S/C26H28N2O4/c1-5-19-8-6-7-17(2)24(19)28-25(29)18(3)32-23-13-9-20(10-14-23)26(30)27-21-11-15-22(31-4)16-12-21/h6-16,18H,5H2,1-4H3,(H,27,30)(H,28,29)/t18-/m1/s1. The molecule has 6 heteroatoms. The second kappa shape index (κ2) is 10.5. The third kappa shape index (κ3) is 5.66. The molecule has 0 bridgehead atoms. The van der Waals surface area contributed by atoms with Gasteiger partial charge in [0.2, 0.25) is 0 Å². The van der Waals surface area contributed by atoms with E-state index in [1.165, 1.54) is 0 Å². The molecule has 0 aromatic heterocycles. The third-order valence-electron chi connectivity index (χ3n) is 5.13. The fourth-order valence-electron chi connectivity index (χ4n) is 3.25. The monoisotopic (exact) mass is 432 g/mol. The van der Waals surface area contributed by atoms with Crippen molar-refractivity contribution in [1.82, 2.24) is 0 Å². The number of aryl methyl sites for hydroxylation is 2. The summed E-state index contributed by atoms with van der Waals surface area (Å²) in [4.78, 5) is 25.1. The zero-order chi connectivity index (χ0) is 23.1. The van der Waals surface area contributed by atoms with Crippen molar-refractivity contribution in [2.24, 2.45) is 0 Å². The molecule has 0 unspecified atom stereocenters. The number of ether oxygens (including phenoxy) is 2. The van der Waals surface area contributed by atoms with Crippen LogP contribution in [0.4, 0.5) is 11.4 Å². The van der Waals surface area contributed by atoms with Gasteiger partial charge in [-0.15, -0.1) is 0 Å². The molecule has 3 aromatic carbocycles. The minimum absolute atomic E-state index is 0.227. The molecule has 0 spiro atoms. The normalized spacial score (nSPS) is 11.4. The molecule has 2 amide bonds. The number of carbonyl (C=O) groups excluding carboxylic acids is 2. The Balaban J connectivity index is 1.59. The largest absolute Gasteiger partial charge is 0.497 e. The average molecular weight is 433 g/mol. The van der Waals surface area contributed by atoms with Gasteiger partial charge in [0.15, 0.2) is 6.10 Å². The van der Waals surface area contributed by atoms with E-state index in [9.17, 15) is 9.59 Å². The van der Waals surface area contributed by atoms with Crippen LogP contribution in [0.25, 0.3) is 0 Å². The maximum Gasteiger partial charge on any atom is 0.265 e. The Morgan fingerprint density at radius 1 is 0.906 bits per heavy atom. The van der Waals surface area contributed by atoms with E-state index >= 15 is 0 Å². The first kappa shape index (κ1) is 22.9. The van der Waals surface area contributed by atoms with Crippen molar-refractivity contribution < 1.29 is 19.1 Å². The summed E-state index contributed by atoms with van der Waals surface area (Å²) in [6, 6.07) is 19.7. The highest BCUT2D eigenvalue weighted by Gasteiger charge is 2.17. The van der Waals surface area contributed by atoms with Crippen LogP contribution in [-0.2, 0) is 11.2 Å². The zero-order valence-electron chi connectivity index (χ0n) is 18.8. The molecule has 0 fully saturated rings. The number of hydrogen-bond acceptors (Lipinski definition) is 4. The third-order valence-corrected chi connectivity index (χ3v) is 5.13. The number of benzene rings is 3. The van der Waals surface area contributed by atoms with Crippen molar-refractivity contribution in [3.8, 4) is 11.5 Å². The quantitative estimate of drug-likeness (QED) is 0.511. The zero-order valence-corrected chi connectivity index (χ0v) is 18.8. The second-order valence-corrected chi connectivity index (χ2v) is 7.42. The molecular weight excluding hydrogens is 404 g/mol. The van der Waals surface area contributed by atoms with E-state index < -0.39 is 6.10 Å². The SMILES string of the molecule is CCc1cccc(C)c1NC(=O)[C@@H](C)Oc1ccc(C(=O)Nc2ccc(OC)cc2)cc1. The van der Waals surface area contributed by atoms with Crippen LogP contribution in [0.2, 0.25) is 0 Å². The number of carbonyl (C=O) groups is 2. The lowest BCUT2D eigenvalue weighted by Crippen LogP contribution is -2.30. The molecule has 6 nitrogen and oxygen atoms in total. The molecule has 1 atom stereocenters. The molecule has 0 aliphatic heterocycles. The predicted molar refractivity (Wildman–Crippen MR) is 127 cm³/mol. The average Bonchev–Trinajstić information content (AvgIpc) is 2.81. The van der Waals surface area contributed by atoms with E-state index in [0.717, 1.165) is 29.0 Å². The summed E-state index contributed by atoms with van der Waals surface area (Å²) in [6.45, 7) is 5.72. The van der Waals surface area contributed by atoms with E-state index in [1.54, 1.807) is 62.6 Å². The first-order chi connectivity index (χ1) is 15.4. The Morgan fingerprint density at radius 3 is 2.19 bits per heavy atom. The fourth-order valence-corrected chi connectivity index (χ4v) is 3.25. The lowest BCUT2D eigenvalue weighted by molar-refractivity contribution is -0.122. The Bertz CT molecular complexity index is 1080. The van der Waals surface area contributed by atoms with Gasteiger partial charge >= 0.3 is 0 Å². The van der Waals surface area contributed by atoms with E-state index in [-0.39, 0.29) is 11.8 Å². The first-order valence-corrected chi connectivity index (χ1v) is 10.5. The first-order valence-electron chi connectivity index (χ1n) is 10.5. The van der Waals surface area contributed by atoms with Gasteiger partial charge in [-0.25, -0.2) is 0 Å². The van der Waals surface area contributed by atoms with Gasteiger partial charge in [0, 0.05) is 16.9 Å². The van der Waals surface area contributed by atoms with Gasteiger partial charge in [-0.05, 0) is 79.9 Å². The van der Waals surface area contributed by atoms with Gasteiger partial charge in [-0.2, -0.15) is 0 Å². The summed E-state index contributed by atoms with van der Waals surface area (Å²) in [5.41, 5.74) is 4.08. The maximum atomic E-state index is 12.7. The second-order valence-electron chi connectivity index (χ2n) is 7.42. The lowest BCUT2D eigenvalue weighted by atomic mass is 10.1. The molecule has 0 aliphatic rings. The molecular formula is C26H28N2O4. The van der Waals surface area contributed by atoms with Gasteiger partial charge in [0.1, 0.15) is 11.5 Å². The van der Waals surface area contributed by atoms with Gasteiger partial charge in [-0.3, -0.25) is 9.59 Å². The lowest BCUT2D eigenvalue weighted by Gasteiger charge is -2.18. The van der Waals surface area contributed by atoms with E-state index in [2.05, 4.69) is 17.6 Å².